The van der Waals surface area contributed by atoms with Crippen molar-refractivity contribution in [3.63, 3.8) is 0 Å². The molecule has 0 saturated heterocycles. The molecule has 6 heteroatoms. The zero-order valence-corrected chi connectivity index (χ0v) is 16.8. The first kappa shape index (κ1) is 19.5. The zero-order valence-electron chi connectivity index (χ0n) is 16.8. The van der Waals surface area contributed by atoms with Gasteiger partial charge in [-0.25, -0.2) is 4.98 Å². The van der Waals surface area contributed by atoms with Gasteiger partial charge in [0.05, 0.1) is 30.4 Å². The van der Waals surface area contributed by atoms with Crippen molar-refractivity contribution in [3.05, 3.63) is 103 Å². The molecule has 150 valence electrons. The van der Waals surface area contributed by atoms with E-state index in [1.165, 1.54) is 0 Å². The van der Waals surface area contributed by atoms with Gasteiger partial charge in [0.2, 0.25) is 5.88 Å². The van der Waals surface area contributed by atoms with Crippen LogP contribution in [-0.2, 0) is 0 Å². The lowest BCUT2D eigenvalue weighted by Crippen LogP contribution is -2.25. The molecule has 6 nitrogen and oxygen atoms in total. The highest BCUT2D eigenvalue weighted by Gasteiger charge is 2.21. The minimum atomic E-state index is 0.0687. The maximum Gasteiger partial charge on any atom is 0.213 e. The van der Waals surface area contributed by atoms with Gasteiger partial charge in [0.1, 0.15) is 0 Å². The minimum absolute atomic E-state index is 0.0687. The fourth-order valence-electron chi connectivity index (χ4n) is 3.39. The third kappa shape index (κ3) is 4.60. The Balaban J connectivity index is 1.74. The van der Waals surface area contributed by atoms with Crippen LogP contribution in [0.5, 0.6) is 5.88 Å². The van der Waals surface area contributed by atoms with Crippen molar-refractivity contribution < 1.29 is 4.74 Å². The molecule has 0 saturated carbocycles. The van der Waals surface area contributed by atoms with E-state index in [1.54, 1.807) is 18.6 Å². The van der Waals surface area contributed by atoms with Crippen LogP contribution < -0.4 is 9.64 Å². The third-order valence-electron chi connectivity index (χ3n) is 4.82. The molecular formula is C24H23N5O. The molecular weight excluding hydrogens is 374 g/mol. The topological polar surface area (TPSA) is 64.0 Å². The quantitative estimate of drug-likeness (QED) is 0.432. The predicted molar refractivity (Wildman–Crippen MR) is 117 cm³/mol. The van der Waals surface area contributed by atoms with Gasteiger partial charge >= 0.3 is 0 Å². The van der Waals surface area contributed by atoms with Gasteiger partial charge in [0.25, 0.3) is 0 Å². The SMILES string of the molecule is CCOc1ccc(N(CC(c2cccnc2)c2cccnc2)c2cccnc2)cn1. The van der Waals surface area contributed by atoms with Gasteiger partial charge in [0.15, 0.2) is 0 Å². The van der Waals surface area contributed by atoms with Gasteiger partial charge in [0, 0.05) is 49.5 Å². The monoisotopic (exact) mass is 397 g/mol. The Kier molecular flexibility index (Phi) is 6.25. The number of anilines is 2. The van der Waals surface area contributed by atoms with E-state index in [4.69, 9.17) is 4.74 Å². The lowest BCUT2D eigenvalue weighted by Gasteiger charge is -2.29. The summed E-state index contributed by atoms with van der Waals surface area (Å²) < 4.78 is 5.51. The van der Waals surface area contributed by atoms with E-state index in [2.05, 4.69) is 37.0 Å². The summed E-state index contributed by atoms with van der Waals surface area (Å²) in [6.45, 7) is 3.21. The summed E-state index contributed by atoms with van der Waals surface area (Å²) in [6.07, 6.45) is 12.9. The number of hydrogen-bond acceptors (Lipinski definition) is 6. The van der Waals surface area contributed by atoms with Crippen molar-refractivity contribution >= 4 is 11.4 Å². The summed E-state index contributed by atoms with van der Waals surface area (Å²) in [5, 5.41) is 0. The van der Waals surface area contributed by atoms with Crippen molar-refractivity contribution in [1.29, 1.82) is 0 Å². The summed E-state index contributed by atoms with van der Waals surface area (Å²) in [5.41, 5.74) is 4.20. The van der Waals surface area contributed by atoms with Crippen LogP contribution >= 0.6 is 0 Å². The molecule has 4 rings (SSSR count). The summed E-state index contributed by atoms with van der Waals surface area (Å²) in [6, 6.07) is 16.0. The van der Waals surface area contributed by atoms with Crippen LogP contribution in [0.3, 0.4) is 0 Å². The van der Waals surface area contributed by atoms with Gasteiger partial charge in [-0.05, 0) is 48.4 Å². The van der Waals surface area contributed by atoms with Crippen LogP contribution in [0.25, 0.3) is 0 Å². The average molecular weight is 397 g/mol. The summed E-state index contributed by atoms with van der Waals surface area (Å²) in [5.74, 6) is 0.683. The summed E-state index contributed by atoms with van der Waals surface area (Å²) >= 11 is 0. The van der Waals surface area contributed by atoms with Crippen LogP contribution in [0.2, 0.25) is 0 Å². The molecule has 0 spiro atoms. The fourth-order valence-corrected chi connectivity index (χ4v) is 3.39. The number of ether oxygens (including phenoxy) is 1. The third-order valence-corrected chi connectivity index (χ3v) is 4.82. The lowest BCUT2D eigenvalue weighted by molar-refractivity contribution is 0.327. The highest BCUT2D eigenvalue weighted by molar-refractivity contribution is 5.62. The van der Waals surface area contributed by atoms with Crippen molar-refractivity contribution in [2.45, 2.75) is 12.8 Å². The molecule has 30 heavy (non-hydrogen) atoms. The summed E-state index contributed by atoms with van der Waals surface area (Å²) in [7, 11) is 0. The normalized spacial score (nSPS) is 10.7. The molecule has 0 radical (unpaired) electrons. The van der Waals surface area contributed by atoms with Gasteiger partial charge in [-0.15, -0.1) is 0 Å². The first-order chi connectivity index (χ1) is 14.8. The van der Waals surface area contributed by atoms with E-state index in [0.717, 1.165) is 22.5 Å². The minimum Gasteiger partial charge on any atom is -0.478 e. The van der Waals surface area contributed by atoms with E-state index in [-0.39, 0.29) is 5.92 Å². The van der Waals surface area contributed by atoms with Gasteiger partial charge in [-0.1, -0.05) is 12.1 Å². The molecule has 0 atom stereocenters. The maximum absolute atomic E-state index is 5.51. The van der Waals surface area contributed by atoms with Gasteiger partial charge in [-0.2, -0.15) is 0 Å². The Morgan fingerprint density at radius 3 is 1.90 bits per heavy atom. The molecule has 0 amide bonds. The molecule has 0 N–H and O–H groups in total. The molecule has 0 unspecified atom stereocenters. The predicted octanol–water partition coefficient (Wildman–Crippen LogP) is 4.64. The second-order valence-electron chi connectivity index (χ2n) is 6.73. The molecule has 0 aliphatic carbocycles. The molecule has 0 aliphatic heterocycles. The molecule has 4 heterocycles. The fraction of sp³-hybridized carbons (Fsp3) is 0.167. The number of hydrogen-bond donors (Lipinski definition) is 0. The zero-order chi connectivity index (χ0) is 20.6. The number of pyridine rings is 4. The lowest BCUT2D eigenvalue weighted by atomic mass is 9.92. The van der Waals surface area contributed by atoms with E-state index in [9.17, 15) is 0 Å². The van der Waals surface area contributed by atoms with Crippen LogP contribution in [0.1, 0.15) is 24.0 Å². The molecule has 0 aromatic carbocycles. The van der Waals surface area contributed by atoms with Crippen molar-refractivity contribution in [2.24, 2.45) is 0 Å². The highest BCUT2D eigenvalue weighted by Crippen LogP contribution is 2.32. The highest BCUT2D eigenvalue weighted by atomic mass is 16.5. The number of aromatic nitrogens is 4. The number of rotatable bonds is 8. The number of nitrogens with zero attached hydrogens (tertiary/aromatic N) is 5. The van der Waals surface area contributed by atoms with Gasteiger partial charge in [-0.3, -0.25) is 15.0 Å². The largest absolute Gasteiger partial charge is 0.478 e. The molecule has 0 bridgehead atoms. The second-order valence-corrected chi connectivity index (χ2v) is 6.73. The van der Waals surface area contributed by atoms with Crippen LogP contribution in [-0.4, -0.2) is 33.1 Å². The summed E-state index contributed by atoms with van der Waals surface area (Å²) in [4.78, 5) is 19.7. The van der Waals surface area contributed by atoms with E-state index in [0.29, 0.717) is 19.0 Å². The molecule has 4 aromatic rings. The second kappa shape index (κ2) is 9.60. The van der Waals surface area contributed by atoms with Crippen molar-refractivity contribution in [3.8, 4) is 5.88 Å². The Morgan fingerprint density at radius 1 is 0.767 bits per heavy atom. The first-order valence-corrected chi connectivity index (χ1v) is 9.91. The van der Waals surface area contributed by atoms with Crippen LogP contribution in [0.15, 0.2) is 91.9 Å². The first-order valence-electron chi connectivity index (χ1n) is 9.91. The Hall–Kier alpha value is -3.80. The van der Waals surface area contributed by atoms with E-state index < -0.39 is 0 Å². The van der Waals surface area contributed by atoms with Crippen LogP contribution in [0, 0.1) is 0 Å². The van der Waals surface area contributed by atoms with Crippen molar-refractivity contribution in [2.75, 3.05) is 18.1 Å². The smallest absolute Gasteiger partial charge is 0.213 e. The Morgan fingerprint density at radius 2 is 1.40 bits per heavy atom. The van der Waals surface area contributed by atoms with Crippen LogP contribution in [0.4, 0.5) is 11.4 Å². The maximum atomic E-state index is 5.51. The van der Waals surface area contributed by atoms with Gasteiger partial charge < -0.3 is 9.64 Å². The standard InChI is InChI=1S/C24H23N5O/c1-2-30-24-10-9-22(17-28-24)29(21-8-5-13-27-16-21)18-23(19-6-3-11-25-14-19)20-7-4-12-26-15-20/h3-17,23H,2,18H2,1H3. The Bertz CT molecular complexity index is 988. The molecule has 4 aromatic heterocycles. The van der Waals surface area contributed by atoms with Crippen molar-refractivity contribution in [1.82, 2.24) is 19.9 Å². The molecule has 0 fully saturated rings. The average Bonchev–Trinajstić information content (AvgIpc) is 2.82. The van der Waals surface area contributed by atoms with E-state index >= 15 is 0 Å². The Labute approximate surface area is 176 Å². The van der Waals surface area contributed by atoms with E-state index in [1.807, 2.05) is 68.1 Å². The molecule has 0 aliphatic rings.